The zero-order valence-electron chi connectivity index (χ0n) is 16.4. The van der Waals surface area contributed by atoms with Gasteiger partial charge < -0.3 is 10.8 Å². The summed E-state index contributed by atoms with van der Waals surface area (Å²) in [4.78, 5) is 0.0926. The Labute approximate surface area is 181 Å². The predicted octanol–water partition coefficient (Wildman–Crippen LogP) is 2.41. The van der Waals surface area contributed by atoms with Crippen LogP contribution in [0.2, 0.25) is 5.02 Å². The van der Waals surface area contributed by atoms with Crippen LogP contribution < -0.4 is 5.73 Å². The van der Waals surface area contributed by atoms with Crippen molar-refractivity contribution in [2.45, 2.75) is 31.4 Å². The second-order valence-corrected chi connectivity index (χ2v) is 8.99. The molecule has 7 nitrogen and oxygen atoms in total. The number of nitrogens with zero attached hydrogens (tertiary/aromatic N) is 3. The maximum atomic E-state index is 13.8. The van der Waals surface area contributed by atoms with Crippen molar-refractivity contribution in [2.24, 2.45) is 5.73 Å². The molecule has 2 aromatic rings. The van der Waals surface area contributed by atoms with Gasteiger partial charge in [-0.15, -0.1) is 12.4 Å². The smallest absolute Gasteiger partial charge is 0.242 e. The lowest BCUT2D eigenvalue weighted by atomic mass is 10.0. The average molecular weight is 467 g/mol. The van der Waals surface area contributed by atoms with E-state index in [1.165, 1.54) is 37.0 Å². The normalized spacial score (nSPS) is 12.3. The van der Waals surface area contributed by atoms with Crippen molar-refractivity contribution in [3.05, 3.63) is 57.6 Å². The summed E-state index contributed by atoms with van der Waals surface area (Å²) < 4.78 is 40.8. The van der Waals surface area contributed by atoms with Crippen LogP contribution in [0.3, 0.4) is 0 Å². The summed E-state index contributed by atoms with van der Waals surface area (Å²) in [5, 5.41) is 14.4. The van der Waals surface area contributed by atoms with Crippen LogP contribution in [0.25, 0.3) is 0 Å². The van der Waals surface area contributed by atoms with Gasteiger partial charge in [0.25, 0.3) is 0 Å². The highest BCUT2D eigenvalue weighted by Crippen LogP contribution is 2.27. The van der Waals surface area contributed by atoms with Gasteiger partial charge in [0.15, 0.2) is 0 Å². The SMILES string of the molecule is Cc1nn(CC(F)=CCN)c(CO)c1Cc1ccc(S(=O)(=O)N(C)C)cc1Cl.Cl. The van der Waals surface area contributed by atoms with Crippen LogP contribution in [0, 0.1) is 6.92 Å². The lowest BCUT2D eigenvalue weighted by molar-refractivity contribution is 0.266. The number of hydrogen-bond acceptors (Lipinski definition) is 5. The number of aliphatic hydroxyl groups excluding tert-OH is 1. The van der Waals surface area contributed by atoms with Gasteiger partial charge in [-0.3, -0.25) is 4.68 Å². The van der Waals surface area contributed by atoms with Crippen LogP contribution in [0.15, 0.2) is 35.0 Å². The van der Waals surface area contributed by atoms with Crippen LogP contribution in [-0.2, 0) is 29.6 Å². The molecule has 29 heavy (non-hydrogen) atoms. The first-order valence-corrected chi connectivity index (χ1v) is 10.3. The molecule has 3 N–H and O–H groups in total. The van der Waals surface area contributed by atoms with Gasteiger partial charge in [-0.05, 0) is 30.7 Å². The second kappa shape index (κ2) is 10.5. The van der Waals surface area contributed by atoms with Crippen LogP contribution in [-0.4, -0.2) is 48.3 Å². The van der Waals surface area contributed by atoms with Crippen molar-refractivity contribution in [2.75, 3.05) is 20.6 Å². The maximum absolute atomic E-state index is 13.8. The number of aryl methyl sites for hydroxylation is 1. The second-order valence-electron chi connectivity index (χ2n) is 6.43. The minimum absolute atomic E-state index is 0. The highest BCUT2D eigenvalue weighted by molar-refractivity contribution is 7.89. The zero-order valence-corrected chi connectivity index (χ0v) is 18.8. The minimum atomic E-state index is -3.59. The van der Waals surface area contributed by atoms with Gasteiger partial charge in [-0.1, -0.05) is 17.7 Å². The molecule has 0 aliphatic heterocycles. The predicted molar refractivity (Wildman–Crippen MR) is 114 cm³/mol. The molecule has 1 aromatic carbocycles. The van der Waals surface area contributed by atoms with Gasteiger partial charge in [-0.2, -0.15) is 5.10 Å². The topological polar surface area (TPSA) is 101 Å². The summed E-state index contributed by atoms with van der Waals surface area (Å²) in [6.07, 6.45) is 1.57. The van der Waals surface area contributed by atoms with Crippen LogP contribution in [0.4, 0.5) is 4.39 Å². The van der Waals surface area contributed by atoms with Crippen molar-refractivity contribution in [1.29, 1.82) is 0 Å². The maximum Gasteiger partial charge on any atom is 0.242 e. The van der Waals surface area contributed by atoms with E-state index < -0.39 is 15.9 Å². The Morgan fingerprint density at radius 2 is 2.07 bits per heavy atom. The molecule has 0 unspecified atom stereocenters. The number of rotatable bonds is 8. The molecule has 2 rings (SSSR count). The summed E-state index contributed by atoms with van der Waals surface area (Å²) in [5.41, 5.74) is 7.81. The van der Waals surface area contributed by atoms with Gasteiger partial charge in [0, 0.05) is 37.6 Å². The van der Waals surface area contributed by atoms with Crippen LogP contribution in [0.5, 0.6) is 0 Å². The van der Waals surface area contributed by atoms with E-state index >= 15 is 0 Å². The number of sulfonamides is 1. The standard InChI is InChI=1S/C18H24ClFN4O3S.ClH/c1-12-16(18(11-25)24(22-12)10-14(20)6-7-21)8-13-4-5-15(9-17(13)19)28(26,27)23(2)3;/h4-6,9,25H,7-8,10-11,21H2,1-3H3;1H. The monoisotopic (exact) mass is 466 g/mol. The first-order chi connectivity index (χ1) is 13.1. The molecular formula is C18H25Cl2FN4O3S. The molecule has 0 saturated heterocycles. The third-order valence-corrected chi connectivity index (χ3v) is 6.49. The third-order valence-electron chi connectivity index (χ3n) is 4.33. The minimum Gasteiger partial charge on any atom is -0.390 e. The van der Waals surface area contributed by atoms with E-state index in [0.717, 1.165) is 4.31 Å². The first kappa shape index (κ1) is 25.5. The summed E-state index contributed by atoms with van der Waals surface area (Å²) in [6.45, 7) is 1.39. The lowest BCUT2D eigenvalue weighted by Crippen LogP contribution is -2.22. The fraction of sp³-hybridized carbons (Fsp3) is 0.389. The molecule has 0 aliphatic rings. The van der Waals surface area contributed by atoms with Crippen molar-refractivity contribution in [1.82, 2.24) is 14.1 Å². The molecule has 0 amide bonds. The van der Waals surface area contributed by atoms with Crippen molar-refractivity contribution in [3.8, 4) is 0 Å². The molecule has 0 atom stereocenters. The van der Waals surface area contributed by atoms with E-state index in [4.69, 9.17) is 17.3 Å². The Hall–Kier alpha value is -1.49. The fourth-order valence-electron chi connectivity index (χ4n) is 2.77. The Morgan fingerprint density at radius 1 is 1.41 bits per heavy atom. The van der Waals surface area contributed by atoms with E-state index in [1.807, 2.05) is 0 Å². The highest BCUT2D eigenvalue weighted by Gasteiger charge is 2.20. The van der Waals surface area contributed by atoms with Crippen molar-refractivity contribution in [3.63, 3.8) is 0 Å². The third kappa shape index (κ3) is 5.78. The number of aromatic nitrogens is 2. The summed E-state index contributed by atoms with van der Waals surface area (Å²) in [7, 11) is -0.700. The van der Waals surface area contributed by atoms with Crippen LogP contribution >= 0.6 is 24.0 Å². The van der Waals surface area contributed by atoms with Gasteiger partial charge in [0.05, 0.1) is 29.4 Å². The Morgan fingerprint density at radius 3 is 2.59 bits per heavy atom. The quantitative estimate of drug-likeness (QED) is 0.621. The van der Waals surface area contributed by atoms with Gasteiger partial charge in [0.1, 0.15) is 5.83 Å². The molecule has 1 heterocycles. The molecule has 0 bridgehead atoms. The van der Waals surface area contributed by atoms with E-state index in [9.17, 15) is 17.9 Å². The highest BCUT2D eigenvalue weighted by atomic mass is 35.5. The van der Waals surface area contributed by atoms with E-state index in [0.29, 0.717) is 28.9 Å². The Balaban J connectivity index is 0.00000420. The molecule has 0 radical (unpaired) electrons. The fourth-order valence-corrected chi connectivity index (χ4v) is 4.01. The van der Waals surface area contributed by atoms with Gasteiger partial charge in [-0.25, -0.2) is 17.1 Å². The van der Waals surface area contributed by atoms with E-state index in [1.54, 1.807) is 13.0 Å². The molecule has 11 heteroatoms. The largest absolute Gasteiger partial charge is 0.390 e. The number of benzene rings is 1. The lowest BCUT2D eigenvalue weighted by Gasteiger charge is -2.13. The van der Waals surface area contributed by atoms with Crippen LogP contribution in [0.1, 0.15) is 22.5 Å². The molecule has 162 valence electrons. The number of halogens is 3. The average Bonchev–Trinajstić information content (AvgIpc) is 2.90. The van der Waals surface area contributed by atoms with E-state index in [2.05, 4.69) is 5.10 Å². The van der Waals surface area contributed by atoms with Gasteiger partial charge in [0.2, 0.25) is 10.0 Å². The number of hydrogen-bond donors (Lipinski definition) is 2. The molecule has 0 spiro atoms. The van der Waals surface area contributed by atoms with E-state index in [-0.39, 0.29) is 42.0 Å². The Kier molecular flexibility index (Phi) is 9.26. The zero-order chi connectivity index (χ0) is 21.1. The van der Waals surface area contributed by atoms with Crippen molar-refractivity contribution >= 4 is 34.0 Å². The van der Waals surface area contributed by atoms with Gasteiger partial charge >= 0.3 is 0 Å². The molecule has 1 aromatic heterocycles. The number of nitrogens with two attached hydrogens (primary N) is 1. The number of allylic oxidation sites excluding steroid dienone is 1. The molecule has 0 saturated carbocycles. The van der Waals surface area contributed by atoms with Crippen molar-refractivity contribution < 1.29 is 17.9 Å². The Bertz CT molecular complexity index is 991. The summed E-state index contributed by atoms with van der Waals surface area (Å²) in [6, 6.07) is 4.51. The molecular weight excluding hydrogens is 442 g/mol. The summed E-state index contributed by atoms with van der Waals surface area (Å²) in [5.74, 6) is -0.442. The molecule has 0 fully saturated rings. The summed E-state index contributed by atoms with van der Waals surface area (Å²) >= 11 is 6.31. The molecule has 0 aliphatic carbocycles. The first-order valence-electron chi connectivity index (χ1n) is 8.53. The number of aliphatic hydroxyl groups is 1.